The van der Waals surface area contributed by atoms with Gasteiger partial charge in [0.2, 0.25) is 0 Å². The van der Waals surface area contributed by atoms with E-state index in [1.54, 1.807) is 0 Å². The first-order valence-electron chi connectivity index (χ1n) is 29.7. The number of benzene rings is 12. The van der Waals surface area contributed by atoms with Crippen molar-refractivity contribution in [3.63, 3.8) is 0 Å². The van der Waals surface area contributed by atoms with E-state index in [1.165, 1.54) is 79.9 Å². The van der Waals surface area contributed by atoms with Crippen LogP contribution in [0, 0.1) is 39.3 Å². The molecule has 0 N–H and O–H groups in total. The Morgan fingerprint density at radius 3 is 1.13 bits per heavy atom. The van der Waals surface area contributed by atoms with Gasteiger partial charge in [-0.3, -0.25) is 0 Å². The molecule has 3 nitrogen and oxygen atoms in total. The summed E-state index contributed by atoms with van der Waals surface area (Å²) in [5.41, 5.74) is 25.5. The number of furan rings is 1. The Kier molecular flexibility index (Phi) is 12.6. The molecule has 418 valence electrons. The molecule has 15 rings (SSSR count). The molecule has 0 saturated heterocycles. The highest BCUT2D eigenvalue weighted by Gasteiger charge is 2.49. The lowest BCUT2D eigenvalue weighted by atomic mass is 9.66. The Hall–Kier alpha value is -10.6. The summed E-state index contributed by atoms with van der Waals surface area (Å²) in [5, 5.41) is 1.70. The number of hydrogen-bond acceptors (Lipinski definition) is 3. The zero-order chi connectivity index (χ0) is 59.3. The summed E-state index contributed by atoms with van der Waals surface area (Å²) < 4.78 is 37.8. The summed E-state index contributed by atoms with van der Waals surface area (Å²) in [6.45, 7) is 17.0. The topological polar surface area (TPSA) is 19.6 Å². The normalized spacial score (nSPS) is 15.4. The van der Waals surface area contributed by atoms with Crippen molar-refractivity contribution in [1.82, 2.24) is 0 Å². The van der Waals surface area contributed by atoms with E-state index < -0.39 is 10.8 Å². The van der Waals surface area contributed by atoms with Gasteiger partial charge < -0.3 is 14.2 Å². The largest absolute Gasteiger partial charge is 0.456 e. The van der Waals surface area contributed by atoms with Crippen molar-refractivity contribution in [3.05, 3.63) is 357 Å². The minimum absolute atomic E-state index is 0.336. The van der Waals surface area contributed by atoms with Crippen LogP contribution in [-0.4, -0.2) is 0 Å². The summed E-state index contributed by atoms with van der Waals surface area (Å²) in [4.78, 5) is 4.49. The molecular weight excluding hydrogens is 1070 g/mol. The summed E-state index contributed by atoms with van der Waals surface area (Å²) in [6, 6.07) is 88.4. The van der Waals surface area contributed by atoms with Crippen LogP contribution in [0.2, 0.25) is 0 Å². The van der Waals surface area contributed by atoms with E-state index in [1.807, 2.05) is 60.7 Å². The third kappa shape index (κ3) is 8.13. The van der Waals surface area contributed by atoms with Crippen molar-refractivity contribution < 1.29 is 13.2 Å². The lowest BCUT2D eigenvalue weighted by Gasteiger charge is -2.36. The molecule has 2 aliphatic rings. The van der Waals surface area contributed by atoms with E-state index in [0.717, 1.165) is 89.4 Å². The average molecular weight is 1130 g/mol. The van der Waals surface area contributed by atoms with E-state index in [4.69, 9.17) is 4.42 Å². The van der Waals surface area contributed by atoms with Crippen LogP contribution in [0.4, 0.5) is 42.9 Å². The predicted octanol–water partition coefficient (Wildman–Crippen LogP) is 22.0. The number of aryl methyl sites for hydroxylation is 4. The molecule has 0 spiro atoms. The van der Waals surface area contributed by atoms with E-state index in [-0.39, 0.29) is 11.6 Å². The third-order valence-electron chi connectivity index (χ3n) is 18.5. The van der Waals surface area contributed by atoms with Crippen molar-refractivity contribution in [2.75, 3.05) is 9.80 Å². The summed E-state index contributed by atoms with van der Waals surface area (Å²) in [7, 11) is 0. The van der Waals surface area contributed by atoms with Gasteiger partial charge in [0.25, 0.3) is 0 Å². The standard InChI is InChI=1S/C82H60F2N2O/c1-7-55-27-31-57(32-28-55)81(71-47-51(3)23-25-53(71)5)69-17-11-9-15-65(69)67-45-43-63(49-73(67)81)85(61-39-35-59(83)36-40-61)75-19-13-21-77-79(75)80-76(20-14-22-78(80)87-77)86(62-41-37-60(84)38-42-62)64-44-46-68-66-16-10-12-18-70(66)82(74(68)50-64,58-33-29-56(8-2)30-34-58)72-48-52(4)24-26-54(72)6/h7-50H,1-2H2,3-6H3. The summed E-state index contributed by atoms with van der Waals surface area (Å²) >= 11 is 0. The Morgan fingerprint density at radius 2 is 0.724 bits per heavy atom. The van der Waals surface area contributed by atoms with Gasteiger partial charge in [-0.1, -0.05) is 194 Å². The highest BCUT2D eigenvalue weighted by molar-refractivity contribution is 6.19. The van der Waals surface area contributed by atoms with Crippen LogP contribution in [0.5, 0.6) is 0 Å². The number of nitrogens with zero attached hydrogens (tertiary/aromatic N) is 2. The maximum Gasteiger partial charge on any atom is 0.137 e. The molecule has 2 atom stereocenters. The smallest absolute Gasteiger partial charge is 0.137 e. The van der Waals surface area contributed by atoms with Crippen molar-refractivity contribution >= 4 is 68.2 Å². The molecule has 0 radical (unpaired) electrons. The summed E-state index contributed by atoms with van der Waals surface area (Å²) in [6.07, 6.45) is 3.78. The fourth-order valence-corrected chi connectivity index (χ4v) is 14.6. The number of rotatable bonds is 12. The number of halogens is 2. The van der Waals surface area contributed by atoms with E-state index in [0.29, 0.717) is 11.2 Å². The minimum atomic E-state index is -0.731. The van der Waals surface area contributed by atoms with Crippen molar-refractivity contribution in [3.8, 4) is 22.3 Å². The van der Waals surface area contributed by atoms with Gasteiger partial charge in [0.15, 0.2) is 0 Å². The van der Waals surface area contributed by atoms with Crippen molar-refractivity contribution in [1.29, 1.82) is 0 Å². The van der Waals surface area contributed by atoms with Crippen molar-refractivity contribution in [2.24, 2.45) is 0 Å². The monoisotopic (exact) mass is 1130 g/mol. The molecule has 2 aliphatic carbocycles. The fourth-order valence-electron chi connectivity index (χ4n) is 14.6. The molecule has 1 heterocycles. The maximum absolute atomic E-state index is 15.4. The lowest BCUT2D eigenvalue weighted by Crippen LogP contribution is -2.30. The van der Waals surface area contributed by atoms with Gasteiger partial charge in [0.1, 0.15) is 22.8 Å². The second kappa shape index (κ2) is 20.6. The van der Waals surface area contributed by atoms with E-state index >= 15 is 8.78 Å². The van der Waals surface area contributed by atoms with Gasteiger partial charge in [0, 0.05) is 22.7 Å². The van der Waals surface area contributed by atoms with Gasteiger partial charge in [0.05, 0.1) is 33.0 Å². The molecule has 0 bridgehead atoms. The zero-order valence-corrected chi connectivity index (χ0v) is 48.9. The van der Waals surface area contributed by atoms with E-state index in [2.05, 4.69) is 233 Å². The number of hydrogen-bond donors (Lipinski definition) is 0. The van der Waals surface area contributed by atoms with Crippen LogP contribution in [-0.2, 0) is 10.8 Å². The van der Waals surface area contributed by atoms with Gasteiger partial charge in [-0.15, -0.1) is 0 Å². The Morgan fingerprint density at radius 1 is 0.345 bits per heavy atom. The molecule has 1 aromatic heterocycles. The Labute approximate surface area is 506 Å². The molecule has 0 aliphatic heterocycles. The van der Waals surface area contributed by atoms with Crippen LogP contribution in [0.1, 0.15) is 77.9 Å². The number of fused-ring (bicyclic) bond motifs is 9. The van der Waals surface area contributed by atoms with Gasteiger partial charge in [-0.25, -0.2) is 8.78 Å². The van der Waals surface area contributed by atoms with Crippen LogP contribution in [0.3, 0.4) is 0 Å². The van der Waals surface area contributed by atoms with Crippen LogP contribution in [0.15, 0.2) is 272 Å². The van der Waals surface area contributed by atoms with E-state index in [9.17, 15) is 0 Å². The van der Waals surface area contributed by atoms with Gasteiger partial charge >= 0.3 is 0 Å². The van der Waals surface area contributed by atoms with Crippen LogP contribution < -0.4 is 9.80 Å². The van der Waals surface area contributed by atoms with Gasteiger partial charge in [-0.2, -0.15) is 0 Å². The zero-order valence-electron chi connectivity index (χ0n) is 48.9. The minimum Gasteiger partial charge on any atom is -0.456 e. The third-order valence-corrected chi connectivity index (χ3v) is 18.5. The first-order chi connectivity index (χ1) is 42.5. The Balaban J connectivity index is 0.994. The molecule has 0 fully saturated rings. The van der Waals surface area contributed by atoms with Crippen LogP contribution >= 0.6 is 0 Å². The first kappa shape index (κ1) is 53.1. The van der Waals surface area contributed by atoms with Gasteiger partial charge in [-0.05, 0) is 214 Å². The maximum atomic E-state index is 15.4. The molecule has 2 unspecified atom stereocenters. The highest BCUT2D eigenvalue weighted by Crippen LogP contribution is 2.61. The molecule has 13 aromatic rings. The predicted molar refractivity (Wildman–Crippen MR) is 357 cm³/mol. The fraction of sp³-hybridized carbons (Fsp3) is 0.0732. The molecule has 0 amide bonds. The quantitative estimate of drug-likeness (QED) is 0.122. The van der Waals surface area contributed by atoms with Crippen LogP contribution in [0.25, 0.3) is 56.3 Å². The second-order valence-corrected chi connectivity index (χ2v) is 23.4. The van der Waals surface area contributed by atoms with Crippen molar-refractivity contribution in [2.45, 2.75) is 38.5 Å². The molecule has 0 saturated carbocycles. The second-order valence-electron chi connectivity index (χ2n) is 23.4. The summed E-state index contributed by atoms with van der Waals surface area (Å²) in [5.74, 6) is -0.672. The Bertz CT molecular complexity index is 4610. The molecular formula is C82H60F2N2O. The number of anilines is 6. The highest BCUT2D eigenvalue weighted by atomic mass is 19.1. The SMILES string of the molecule is C=Cc1ccc(C2(c3cc(C)ccc3C)c3ccccc3-c3ccc(N(c4ccc(F)cc4)c4cccc5oc6cccc(N(c7ccc(F)cc7)c7ccc8c(c7)C(c7ccc(C=C)cc7)(c7cc(C)ccc7C)c7ccccc7-8)c6c45)cc32)cc1. The molecule has 12 aromatic carbocycles. The molecule has 5 heteroatoms. The average Bonchev–Trinajstić information content (AvgIpc) is 1.59. The first-order valence-corrected chi connectivity index (χ1v) is 29.7. The lowest BCUT2D eigenvalue weighted by molar-refractivity contribution is 0.627. The molecule has 87 heavy (non-hydrogen) atoms.